The van der Waals surface area contributed by atoms with Crippen LogP contribution >= 0.6 is 0 Å². The molecular weight excluding hydrogens is 1030 g/mol. The van der Waals surface area contributed by atoms with Crippen LogP contribution in [0.15, 0.2) is 230 Å². The Morgan fingerprint density at radius 3 is 0.893 bits per heavy atom. The molecule has 0 spiro atoms. The molecule has 84 heavy (non-hydrogen) atoms. The van der Waals surface area contributed by atoms with Gasteiger partial charge in [0.1, 0.15) is 11.6 Å². The second kappa shape index (κ2) is 21.1. The fraction of sp³-hybridized carbons (Fsp3) is 0.200. The normalized spacial score (nSPS) is 14.1. The molecular formula is C80H74F2N2. The molecule has 0 saturated heterocycles. The van der Waals surface area contributed by atoms with Gasteiger partial charge in [0.05, 0.1) is 36.5 Å². The molecule has 0 saturated carbocycles. The molecule has 0 fully saturated rings. The molecule has 0 aliphatic carbocycles. The maximum atomic E-state index is 18.4. The molecule has 0 aliphatic heterocycles. The van der Waals surface area contributed by atoms with E-state index in [9.17, 15) is 5.48 Å². The molecule has 0 atom stereocenters. The summed E-state index contributed by atoms with van der Waals surface area (Å²) in [4.78, 5) is 2.86. The highest BCUT2D eigenvalue weighted by Gasteiger charge is 2.29. The van der Waals surface area contributed by atoms with Crippen LogP contribution in [-0.4, -0.2) is 0 Å². The molecule has 12 aromatic rings. The molecule has 2 nitrogen and oxygen atoms in total. The highest BCUT2D eigenvalue weighted by molar-refractivity contribution is 6.28. The Bertz CT molecular complexity index is 4690. The molecule has 0 heterocycles. The van der Waals surface area contributed by atoms with Gasteiger partial charge in [-0.1, -0.05) is 253 Å². The summed E-state index contributed by atoms with van der Waals surface area (Å²) < 4.78 is 129. The minimum atomic E-state index is -0.736. The third-order valence-corrected chi connectivity index (χ3v) is 16.3. The van der Waals surface area contributed by atoms with Crippen LogP contribution in [0, 0.1) is 11.6 Å². The van der Waals surface area contributed by atoms with E-state index in [0.29, 0.717) is 54.6 Å². The maximum Gasteiger partial charge on any atom is 0.147 e. The highest BCUT2D eigenvalue weighted by atomic mass is 19.1. The lowest BCUT2D eigenvalue weighted by Crippen LogP contribution is -2.14. The smallest absolute Gasteiger partial charge is 0.147 e. The first kappa shape index (κ1) is 44.7. The Balaban J connectivity index is 1.17. The van der Waals surface area contributed by atoms with Gasteiger partial charge in [0.2, 0.25) is 0 Å². The maximum absolute atomic E-state index is 18.4. The predicted octanol–water partition coefficient (Wildman–Crippen LogP) is 23.7. The van der Waals surface area contributed by atoms with E-state index in [-0.39, 0.29) is 55.8 Å². The largest absolute Gasteiger partial charge is 0.307 e. The fourth-order valence-corrected chi connectivity index (χ4v) is 11.6. The van der Waals surface area contributed by atoms with Gasteiger partial charge < -0.3 is 9.80 Å². The topological polar surface area (TPSA) is 6.48 Å². The van der Waals surface area contributed by atoms with Crippen molar-refractivity contribution in [3.8, 4) is 44.5 Å². The highest BCUT2D eigenvalue weighted by Crippen LogP contribution is 2.51. The van der Waals surface area contributed by atoms with Crippen molar-refractivity contribution in [1.29, 1.82) is 0 Å². The summed E-state index contributed by atoms with van der Waals surface area (Å²) in [6, 6.07) is 47.2. The van der Waals surface area contributed by atoms with Crippen LogP contribution in [0.1, 0.15) is 119 Å². The monoisotopic (exact) mass is 1110 g/mol. The van der Waals surface area contributed by atoms with E-state index in [1.807, 2.05) is 97.1 Å². The summed E-state index contributed by atoms with van der Waals surface area (Å²) in [7, 11) is 0. The van der Waals surface area contributed by atoms with Crippen molar-refractivity contribution in [3.63, 3.8) is 0 Å². The molecule has 12 aromatic carbocycles. The van der Waals surface area contributed by atoms with Gasteiger partial charge in [-0.05, 0) is 171 Å². The van der Waals surface area contributed by atoms with Gasteiger partial charge in [-0.2, -0.15) is 0 Å². The molecule has 0 aliphatic rings. The van der Waals surface area contributed by atoms with Gasteiger partial charge in [-0.25, -0.2) is 8.78 Å². The Morgan fingerprint density at radius 2 is 0.595 bits per heavy atom. The average molecular weight is 1110 g/mol. The molecule has 12 rings (SSSR count). The van der Waals surface area contributed by atoms with Crippen molar-refractivity contribution in [1.82, 2.24) is 0 Å². The number of para-hydroxylation sites is 2. The van der Waals surface area contributed by atoms with Gasteiger partial charge in [0.15, 0.2) is 0 Å². The van der Waals surface area contributed by atoms with Crippen molar-refractivity contribution in [2.24, 2.45) is 0 Å². The molecule has 0 N–H and O–H groups in total. The van der Waals surface area contributed by atoms with E-state index < -0.39 is 72.1 Å². The van der Waals surface area contributed by atoms with Gasteiger partial charge >= 0.3 is 0 Å². The predicted molar refractivity (Wildman–Crippen MR) is 356 cm³/mol. The van der Waals surface area contributed by atoms with Crippen LogP contribution in [0.25, 0.3) is 76.8 Å². The fourth-order valence-electron chi connectivity index (χ4n) is 11.6. The standard InChI is InChI=1S/C80H74F2N2/c1-77(2,3)57-27-19-23-53(43-57)65-47-69(81)73(49-67(65)55-25-21-29-59(45-55)79(7,8)9)83(61-31-15-13-16-32-61)71-41-37-51-36-40-64-72(42-38-52-35-39-63(71)75(51)76(52)64)84(62-33-17-14-18-34-62)74-50-68(56-26-22-30-60(46-56)80(10,11)12)66(48-70(74)82)54-24-20-28-58(44-54)78(4,5)6/h13-50H,1-12H3/i13D,14D,15D,16D,17D,18D,31D,32D,33D,34D. The third kappa shape index (κ3) is 10.4. The quantitative estimate of drug-likeness (QED) is 0.126. The lowest BCUT2D eigenvalue weighted by atomic mass is 9.83. The minimum absolute atomic E-state index is 0.0959. The van der Waals surface area contributed by atoms with Gasteiger partial charge in [0, 0.05) is 22.1 Å². The van der Waals surface area contributed by atoms with Gasteiger partial charge in [-0.3, -0.25) is 0 Å². The lowest BCUT2D eigenvalue weighted by Gasteiger charge is -2.30. The third-order valence-electron chi connectivity index (χ3n) is 16.3. The summed E-state index contributed by atoms with van der Waals surface area (Å²) >= 11 is 0. The number of hydrogen-bond donors (Lipinski definition) is 0. The first-order valence-electron chi connectivity index (χ1n) is 33.7. The van der Waals surface area contributed by atoms with Crippen LogP contribution in [0.5, 0.6) is 0 Å². The molecule has 4 heteroatoms. The van der Waals surface area contributed by atoms with Crippen molar-refractivity contribution >= 4 is 66.4 Å². The zero-order valence-corrected chi connectivity index (χ0v) is 49.8. The summed E-state index contributed by atoms with van der Waals surface area (Å²) in [5, 5.41) is 3.59. The van der Waals surface area contributed by atoms with E-state index in [1.165, 1.54) is 21.9 Å². The Kier molecular flexibility index (Phi) is 11.2. The first-order valence-corrected chi connectivity index (χ1v) is 28.7. The zero-order chi connectivity index (χ0) is 67.7. The molecule has 0 unspecified atom stereocenters. The number of hydrogen-bond acceptors (Lipinski definition) is 2. The van der Waals surface area contributed by atoms with E-state index in [4.69, 9.17) is 8.22 Å². The molecule has 418 valence electrons. The second-order valence-corrected chi connectivity index (χ2v) is 26.2. The van der Waals surface area contributed by atoms with Gasteiger partial charge in [0.25, 0.3) is 0 Å². The van der Waals surface area contributed by atoms with E-state index in [0.717, 1.165) is 44.5 Å². The molecule has 0 aromatic heterocycles. The minimum Gasteiger partial charge on any atom is -0.307 e. The van der Waals surface area contributed by atoms with Crippen LogP contribution in [-0.2, 0) is 21.7 Å². The van der Waals surface area contributed by atoms with Crippen LogP contribution in [0.2, 0.25) is 0 Å². The Labute approximate surface area is 510 Å². The molecule has 0 bridgehead atoms. The number of halogens is 2. The van der Waals surface area contributed by atoms with Crippen molar-refractivity contribution < 1.29 is 22.5 Å². The number of benzene rings is 12. The number of nitrogens with zero attached hydrogens (tertiary/aromatic N) is 2. The van der Waals surface area contributed by atoms with Crippen LogP contribution in [0.3, 0.4) is 0 Å². The average Bonchev–Trinajstić information content (AvgIpc) is 0.716. The number of rotatable bonds is 10. The van der Waals surface area contributed by atoms with E-state index in [1.54, 1.807) is 24.3 Å². The summed E-state index contributed by atoms with van der Waals surface area (Å²) in [5.41, 5.74) is 8.27. The second-order valence-electron chi connectivity index (χ2n) is 26.2. The van der Waals surface area contributed by atoms with Crippen LogP contribution < -0.4 is 9.80 Å². The van der Waals surface area contributed by atoms with Crippen molar-refractivity contribution in [3.05, 3.63) is 264 Å². The first-order chi connectivity index (χ1) is 44.1. The lowest BCUT2D eigenvalue weighted by molar-refractivity contribution is 0.590. The van der Waals surface area contributed by atoms with Crippen molar-refractivity contribution in [2.75, 3.05) is 9.80 Å². The van der Waals surface area contributed by atoms with E-state index in [2.05, 4.69) is 119 Å². The summed E-state index contributed by atoms with van der Waals surface area (Å²) in [6.45, 7) is 25.4. The summed E-state index contributed by atoms with van der Waals surface area (Å²) in [6.07, 6.45) is 0. The molecule has 0 radical (unpaired) electrons. The zero-order valence-electron chi connectivity index (χ0n) is 59.8. The molecule has 0 amide bonds. The van der Waals surface area contributed by atoms with Gasteiger partial charge in [-0.15, -0.1) is 0 Å². The Hall–Kier alpha value is -8.86. The van der Waals surface area contributed by atoms with Crippen molar-refractivity contribution in [2.45, 2.75) is 105 Å². The SMILES string of the molecule is [2H]c1c([2H])c([2H])c(N(c2cc(-c3cccc(C(C)(C)C)c3)c(-c3cccc(C(C)(C)C)c3)cc2F)c2ccc3ccc4c(N(c5cc(-c6cccc(C(C)(C)C)c6)c(-c6cccc(C(C)(C)C)c6)cc5F)c5c([2H])c([2H])c([2H])c([2H])c5[2H])ccc5ccc2c3c54)c([2H])c1[2H]. The Morgan fingerprint density at radius 1 is 0.310 bits per heavy atom. The van der Waals surface area contributed by atoms with Crippen LogP contribution in [0.4, 0.5) is 42.9 Å². The number of anilines is 6. The van der Waals surface area contributed by atoms with E-state index >= 15 is 8.78 Å². The summed E-state index contributed by atoms with van der Waals surface area (Å²) in [5.74, 6) is -1.47.